The lowest BCUT2D eigenvalue weighted by Gasteiger charge is -2.28. The van der Waals surface area contributed by atoms with E-state index < -0.39 is 24.7 Å². The molecule has 1 unspecified atom stereocenters. The number of carboxylic acid groups (broad SMARTS) is 1. The number of fused-ring (bicyclic) bond motifs is 2. The second-order valence-electron chi connectivity index (χ2n) is 5.07. The van der Waals surface area contributed by atoms with Crippen LogP contribution >= 0.6 is 0 Å². The Balaban J connectivity index is 2.13. The zero-order chi connectivity index (χ0) is 15.9. The Morgan fingerprint density at radius 2 is 1.82 bits per heavy atom. The molecule has 0 aromatic heterocycles. The molecule has 0 bridgehead atoms. The molecule has 0 saturated heterocycles. The maximum absolute atomic E-state index is 13.1. The van der Waals surface area contributed by atoms with Crippen molar-refractivity contribution in [3.63, 3.8) is 0 Å². The summed E-state index contributed by atoms with van der Waals surface area (Å²) >= 11 is 0. The lowest BCUT2D eigenvalue weighted by molar-refractivity contribution is -0.184. The highest BCUT2D eigenvalue weighted by molar-refractivity contribution is 5.88. The molecule has 1 heterocycles. The second kappa shape index (κ2) is 5.05. The first-order valence-corrected chi connectivity index (χ1v) is 6.53. The van der Waals surface area contributed by atoms with Crippen LogP contribution in [0.3, 0.4) is 0 Å². The van der Waals surface area contributed by atoms with Gasteiger partial charge >= 0.3 is 12.1 Å². The number of hydrogen-bond donors (Lipinski definition) is 1. The summed E-state index contributed by atoms with van der Waals surface area (Å²) in [5.74, 6) is -1.22. The smallest absolute Gasteiger partial charge is 0.429 e. The first-order valence-electron chi connectivity index (χ1n) is 6.53. The van der Waals surface area contributed by atoms with Crippen LogP contribution in [0.5, 0.6) is 5.75 Å². The normalized spacial score (nSPS) is 17.6. The number of ether oxygens (including phenoxy) is 1. The molecule has 0 saturated carbocycles. The van der Waals surface area contributed by atoms with Gasteiger partial charge in [-0.05, 0) is 34.6 Å². The summed E-state index contributed by atoms with van der Waals surface area (Å²) in [4.78, 5) is 10.8. The molecule has 1 aliphatic heterocycles. The standard InChI is InChI=1S/C16H11F3O3/c17-16(18,19)15-12(8-14(20)21)6-11-5-9-3-1-2-4-10(9)7-13(11)22-15/h1-7,15H,8H2,(H,20,21). The van der Waals surface area contributed by atoms with Gasteiger partial charge in [0.05, 0.1) is 6.42 Å². The van der Waals surface area contributed by atoms with Crippen LogP contribution in [0.1, 0.15) is 12.0 Å². The fraction of sp³-hybridized carbons (Fsp3) is 0.188. The molecule has 1 aliphatic rings. The molecule has 1 atom stereocenters. The summed E-state index contributed by atoms with van der Waals surface area (Å²) in [5, 5.41) is 10.4. The highest BCUT2D eigenvalue weighted by atomic mass is 19.4. The van der Waals surface area contributed by atoms with Gasteiger partial charge in [0, 0.05) is 5.56 Å². The zero-order valence-corrected chi connectivity index (χ0v) is 11.2. The quantitative estimate of drug-likeness (QED) is 0.911. The number of alkyl halides is 3. The number of rotatable bonds is 2. The number of benzene rings is 2. The van der Waals surface area contributed by atoms with Crippen molar-refractivity contribution in [1.29, 1.82) is 0 Å². The molecule has 0 aliphatic carbocycles. The van der Waals surface area contributed by atoms with Gasteiger partial charge in [0.2, 0.25) is 6.10 Å². The Morgan fingerprint density at radius 3 is 2.41 bits per heavy atom. The Bertz CT molecular complexity index is 778. The molecule has 6 heteroatoms. The summed E-state index contributed by atoms with van der Waals surface area (Å²) in [5.41, 5.74) is 0.151. The fourth-order valence-corrected chi connectivity index (χ4v) is 2.53. The average Bonchev–Trinajstić information content (AvgIpc) is 2.42. The van der Waals surface area contributed by atoms with Crippen LogP contribution in [0.15, 0.2) is 42.0 Å². The fourth-order valence-electron chi connectivity index (χ4n) is 2.53. The van der Waals surface area contributed by atoms with E-state index in [1.54, 1.807) is 18.2 Å². The van der Waals surface area contributed by atoms with E-state index in [0.29, 0.717) is 5.56 Å². The number of carboxylic acids is 1. The molecule has 0 radical (unpaired) electrons. The Kier molecular flexibility index (Phi) is 3.31. The predicted octanol–water partition coefficient (Wildman–Crippen LogP) is 4.02. The SMILES string of the molecule is O=C(O)CC1=Cc2cc3ccccc3cc2OC1C(F)(F)F. The lowest BCUT2D eigenvalue weighted by atomic mass is 9.96. The van der Waals surface area contributed by atoms with Crippen LogP contribution in [0.25, 0.3) is 16.8 Å². The molecular weight excluding hydrogens is 297 g/mol. The van der Waals surface area contributed by atoms with E-state index in [4.69, 9.17) is 9.84 Å². The van der Waals surface area contributed by atoms with Gasteiger partial charge in [-0.3, -0.25) is 4.79 Å². The van der Waals surface area contributed by atoms with Gasteiger partial charge in [0.25, 0.3) is 0 Å². The third-order valence-electron chi connectivity index (χ3n) is 3.45. The van der Waals surface area contributed by atoms with Crippen LogP contribution in [0.2, 0.25) is 0 Å². The minimum atomic E-state index is -4.66. The van der Waals surface area contributed by atoms with Gasteiger partial charge in [0.1, 0.15) is 5.75 Å². The van der Waals surface area contributed by atoms with E-state index in [0.717, 1.165) is 10.8 Å². The van der Waals surface area contributed by atoms with Crippen LogP contribution in [0.4, 0.5) is 13.2 Å². The second-order valence-corrected chi connectivity index (χ2v) is 5.07. The number of carbonyl (C=O) groups is 1. The largest absolute Gasteiger partial charge is 0.481 e. The predicted molar refractivity (Wildman–Crippen MR) is 74.6 cm³/mol. The summed E-state index contributed by atoms with van der Waals surface area (Å²) in [6, 6.07) is 10.4. The Labute approximate surface area is 123 Å². The average molecular weight is 308 g/mol. The molecule has 3 rings (SSSR count). The molecule has 114 valence electrons. The maximum Gasteiger partial charge on any atom is 0.429 e. The van der Waals surface area contributed by atoms with Crippen molar-refractivity contribution in [2.24, 2.45) is 0 Å². The van der Waals surface area contributed by atoms with E-state index in [1.165, 1.54) is 12.1 Å². The van der Waals surface area contributed by atoms with Crippen molar-refractivity contribution >= 4 is 22.8 Å². The maximum atomic E-state index is 13.1. The molecular formula is C16H11F3O3. The highest BCUT2D eigenvalue weighted by Gasteiger charge is 2.46. The van der Waals surface area contributed by atoms with Crippen LogP contribution in [-0.2, 0) is 4.79 Å². The molecule has 0 fully saturated rings. The van der Waals surface area contributed by atoms with Gasteiger partial charge < -0.3 is 9.84 Å². The molecule has 0 spiro atoms. The van der Waals surface area contributed by atoms with Gasteiger partial charge in [-0.25, -0.2) is 0 Å². The Hall–Kier alpha value is -2.50. The molecule has 0 amide bonds. The van der Waals surface area contributed by atoms with Crippen LogP contribution in [0, 0.1) is 0 Å². The third-order valence-corrected chi connectivity index (χ3v) is 3.45. The first kappa shape index (κ1) is 14.4. The van der Waals surface area contributed by atoms with Gasteiger partial charge in [-0.1, -0.05) is 24.3 Å². The number of aliphatic carboxylic acids is 1. The highest BCUT2D eigenvalue weighted by Crippen LogP contribution is 2.39. The van der Waals surface area contributed by atoms with Gasteiger partial charge in [0.15, 0.2) is 0 Å². The summed E-state index contributed by atoms with van der Waals surface area (Å²) < 4.78 is 44.3. The Morgan fingerprint density at radius 1 is 1.18 bits per heavy atom. The van der Waals surface area contributed by atoms with Crippen LogP contribution < -0.4 is 4.74 Å². The number of halogens is 3. The van der Waals surface area contributed by atoms with Crippen molar-refractivity contribution in [3.05, 3.63) is 47.5 Å². The lowest BCUT2D eigenvalue weighted by Crippen LogP contribution is -2.38. The van der Waals surface area contributed by atoms with E-state index in [9.17, 15) is 18.0 Å². The van der Waals surface area contributed by atoms with Crippen molar-refractivity contribution in [3.8, 4) is 5.75 Å². The molecule has 1 N–H and O–H groups in total. The minimum absolute atomic E-state index is 0.107. The van der Waals surface area contributed by atoms with Gasteiger partial charge in [-0.15, -0.1) is 0 Å². The summed E-state index contributed by atoms with van der Waals surface area (Å²) in [6.45, 7) is 0. The molecule has 3 nitrogen and oxygen atoms in total. The monoisotopic (exact) mass is 308 g/mol. The third kappa shape index (κ3) is 2.64. The van der Waals surface area contributed by atoms with E-state index in [1.807, 2.05) is 12.1 Å². The van der Waals surface area contributed by atoms with E-state index >= 15 is 0 Å². The molecule has 2 aromatic carbocycles. The number of hydrogen-bond acceptors (Lipinski definition) is 2. The van der Waals surface area contributed by atoms with Crippen molar-refractivity contribution in [2.45, 2.75) is 18.7 Å². The van der Waals surface area contributed by atoms with Crippen LogP contribution in [-0.4, -0.2) is 23.4 Å². The minimum Gasteiger partial charge on any atom is -0.481 e. The van der Waals surface area contributed by atoms with Gasteiger partial charge in [-0.2, -0.15) is 13.2 Å². The summed E-state index contributed by atoms with van der Waals surface area (Å²) in [7, 11) is 0. The molecule has 22 heavy (non-hydrogen) atoms. The van der Waals surface area contributed by atoms with Crippen molar-refractivity contribution in [2.75, 3.05) is 0 Å². The zero-order valence-electron chi connectivity index (χ0n) is 11.2. The summed E-state index contributed by atoms with van der Waals surface area (Å²) in [6.07, 6.45) is -6.34. The van der Waals surface area contributed by atoms with Crippen molar-refractivity contribution in [1.82, 2.24) is 0 Å². The van der Waals surface area contributed by atoms with E-state index in [-0.39, 0.29) is 11.3 Å². The van der Waals surface area contributed by atoms with E-state index in [2.05, 4.69) is 0 Å². The topological polar surface area (TPSA) is 46.5 Å². The first-order chi connectivity index (χ1) is 10.3. The van der Waals surface area contributed by atoms with Crippen molar-refractivity contribution < 1.29 is 27.8 Å². The molecule has 2 aromatic rings.